The van der Waals surface area contributed by atoms with E-state index in [2.05, 4.69) is 10.3 Å². The van der Waals surface area contributed by atoms with Crippen molar-refractivity contribution in [1.29, 1.82) is 0 Å². The molecule has 0 aromatic carbocycles. The van der Waals surface area contributed by atoms with Gasteiger partial charge in [0.15, 0.2) is 0 Å². The number of halogens is 3. The maximum absolute atomic E-state index is 13.0. The van der Waals surface area contributed by atoms with Crippen molar-refractivity contribution in [2.45, 2.75) is 51.2 Å². The molecule has 0 bridgehead atoms. The average Bonchev–Trinajstić information content (AvgIpc) is 2.83. The van der Waals surface area contributed by atoms with Gasteiger partial charge in [-0.05, 0) is 31.7 Å². The van der Waals surface area contributed by atoms with Crippen LogP contribution >= 0.6 is 0 Å². The average molecular weight is 303 g/mol. The van der Waals surface area contributed by atoms with Gasteiger partial charge in [0.05, 0.1) is 5.92 Å². The first kappa shape index (κ1) is 16.3. The van der Waals surface area contributed by atoms with Gasteiger partial charge in [-0.15, -0.1) is 0 Å². The summed E-state index contributed by atoms with van der Waals surface area (Å²) in [6.45, 7) is 2.76. The van der Waals surface area contributed by atoms with E-state index in [0.29, 0.717) is 12.8 Å². The van der Waals surface area contributed by atoms with Gasteiger partial charge in [0.2, 0.25) is 0 Å². The van der Waals surface area contributed by atoms with Crippen molar-refractivity contribution >= 4 is 0 Å². The summed E-state index contributed by atoms with van der Waals surface area (Å²) in [5, 5.41) is 3.37. The molecule has 1 heterocycles. The molecule has 1 saturated carbocycles. The van der Waals surface area contributed by atoms with Crippen molar-refractivity contribution in [3.63, 3.8) is 0 Å². The monoisotopic (exact) mass is 303 g/mol. The molecule has 0 radical (unpaired) electrons. The first-order valence-electron chi connectivity index (χ1n) is 7.68. The molecule has 1 N–H and O–H groups in total. The van der Waals surface area contributed by atoms with Crippen LogP contribution < -0.4 is 5.32 Å². The zero-order chi connectivity index (χ0) is 15.5. The predicted molar refractivity (Wildman–Crippen MR) is 75.9 cm³/mol. The zero-order valence-electron chi connectivity index (χ0n) is 12.7. The summed E-state index contributed by atoms with van der Waals surface area (Å²) >= 11 is 0. The second kappa shape index (κ2) is 6.81. The summed E-state index contributed by atoms with van der Waals surface area (Å²) in [6.07, 6.45) is 2.29. The molecule has 3 nitrogen and oxygen atoms in total. The summed E-state index contributed by atoms with van der Waals surface area (Å²) in [4.78, 5) is 4.30. The molecular weight excluding hydrogens is 279 g/mol. The van der Waals surface area contributed by atoms with Crippen molar-refractivity contribution < 1.29 is 13.2 Å². The molecule has 0 spiro atoms. The molecule has 1 aromatic heterocycles. The van der Waals surface area contributed by atoms with Crippen molar-refractivity contribution in [3.8, 4) is 0 Å². The fourth-order valence-electron chi connectivity index (χ4n) is 3.35. The van der Waals surface area contributed by atoms with Crippen LogP contribution in [0, 0.1) is 11.8 Å². The molecule has 0 saturated heterocycles. The van der Waals surface area contributed by atoms with Crippen LogP contribution in [0.2, 0.25) is 0 Å². The van der Waals surface area contributed by atoms with Crippen LogP contribution in [0.15, 0.2) is 12.4 Å². The topological polar surface area (TPSA) is 29.9 Å². The first-order valence-corrected chi connectivity index (χ1v) is 7.68. The second-order valence-electron chi connectivity index (χ2n) is 5.99. The highest BCUT2D eigenvalue weighted by molar-refractivity contribution is 4.97. The van der Waals surface area contributed by atoms with Gasteiger partial charge < -0.3 is 9.88 Å². The number of aryl methyl sites for hydroxylation is 1. The van der Waals surface area contributed by atoms with E-state index in [1.165, 1.54) is 0 Å². The molecule has 0 amide bonds. The number of imidazole rings is 1. The van der Waals surface area contributed by atoms with Crippen molar-refractivity contribution in [2.75, 3.05) is 6.54 Å². The normalized spacial score (nSPS) is 25.0. The second-order valence-corrected chi connectivity index (χ2v) is 5.99. The molecule has 21 heavy (non-hydrogen) atoms. The molecule has 1 aromatic rings. The van der Waals surface area contributed by atoms with Gasteiger partial charge in [-0.1, -0.05) is 13.3 Å². The Morgan fingerprint density at radius 2 is 2.19 bits per heavy atom. The molecule has 6 heteroatoms. The number of rotatable bonds is 5. The van der Waals surface area contributed by atoms with Gasteiger partial charge in [-0.2, -0.15) is 13.2 Å². The summed E-state index contributed by atoms with van der Waals surface area (Å²) in [7, 11) is 1.92. The molecule has 1 aliphatic rings. The van der Waals surface area contributed by atoms with E-state index >= 15 is 0 Å². The Balaban J connectivity index is 2.05. The van der Waals surface area contributed by atoms with Gasteiger partial charge in [0.1, 0.15) is 5.82 Å². The number of hydrogen-bond donors (Lipinski definition) is 1. The number of nitrogens with zero attached hydrogens (tertiary/aromatic N) is 2. The van der Waals surface area contributed by atoms with E-state index in [0.717, 1.165) is 18.8 Å². The zero-order valence-corrected chi connectivity index (χ0v) is 12.7. The fraction of sp³-hybridized carbons (Fsp3) is 0.800. The molecule has 3 atom stereocenters. The Bertz CT molecular complexity index is 442. The van der Waals surface area contributed by atoms with Crippen LogP contribution in [0.25, 0.3) is 0 Å². The lowest BCUT2D eigenvalue weighted by atomic mass is 9.76. The smallest absolute Gasteiger partial charge is 0.338 e. The molecular formula is C15H24F3N3. The Hall–Kier alpha value is -1.04. The fourth-order valence-corrected chi connectivity index (χ4v) is 3.35. The minimum Gasteiger partial charge on any atom is -0.338 e. The van der Waals surface area contributed by atoms with Crippen LogP contribution in [0.5, 0.6) is 0 Å². The van der Waals surface area contributed by atoms with Crippen LogP contribution in [0.4, 0.5) is 13.2 Å². The number of hydrogen-bond acceptors (Lipinski definition) is 2. The largest absolute Gasteiger partial charge is 0.391 e. The SMILES string of the molecule is CCNC(Cc1nccn1C)C1CCCC(C(F)(F)F)C1. The highest BCUT2D eigenvalue weighted by Crippen LogP contribution is 2.41. The quantitative estimate of drug-likeness (QED) is 0.904. The van der Waals surface area contributed by atoms with Gasteiger partial charge in [-0.3, -0.25) is 0 Å². The van der Waals surface area contributed by atoms with Crippen molar-refractivity contribution in [2.24, 2.45) is 18.9 Å². The summed E-state index contributed by atoms with van der Waals surface area (Å²) < 4.78 is 40.8. The maximum atomic E-state index is 13.0. The van der Waals surface area contributed by atoms with Crippen LogP contribution in [0.3, 0.4) is 0 Å². The number of likely N-dealkylation sites (N-methyl/N-ethyl adjacent to an activating group) is 1. The molecule has 2 rings (SSSR count). The van der Waals surface area contributed by atoms with E-state index in [1.807, 2.05) is 24.7 Å². The number of aromatic nitrogens is 2. The highest BCUT2D eigenvalue weighted by atomic mass is 19.4. The van der Waals surface area contributed by atoms with E-state index < -0.39 is 12.1 Å². The molecule has 1 aliphatic carbocycles. The standard InChI is InChI=1S/C15H24F3N3/c1-3-19-13(10-14-20-7-8-21(14)2)11-5-4-6-12(9-11)15(16,17)18/h7-8,11-13,19H,3-6,9-10H2,1-2H3. The van der Waals surface area contributed by atoms with E-state index in [4.69, 9.17) is 0 Å². The van der Waals surface area contributed by atoms with Gasteiger partial charge in [0.25, 0.3) is 0 Å². The molecule has 120 valence electrons. The number of nitrogens with one attached hydrogen (secondary N) is 1. The summed E-state index contributed by atoms with van der Waals surface area (Å²) in [6, 6.07) is 0.0706. The van der Waals surface area contributed by atoms with Crippen molar-refractivity contribution in [3.05, 3.63) is 18.2 Å². The third-order valence-corrected chi connectivity index (χ3v) is 4.54. The predicted octanol–water partition coefficient (Wildman–Crippen LogP) is 3.31. The molecule has 1 fully saturated rings. The van der Waals surface area contributed by atoms with Gasteiger partial charge in [-0.25, -0.2) is 4.98 Å². The molecule has 0 aliphatic heterocycles. The number of alkyl halides is 3. The van der Waals surface area contributed by atoms with E-state index in [1.54, 1.807) is 6.20 Å². The minimum absolute atomic E-state index is 0.0706. The van der Waals surface area contributed by atoms with Crippen LogP contribution in [-0.4, -0.2) is 28.3 Å². The summed E-state index contributed by atoms with van der Waals surface area (Å²) in [5.41, 5.74) is 0. The minimum atomic E-state index is -4.06. The summed E-state index contributed by atoms with van der Waals surface area (Å²) in [5.74, 6) is -0.143. The maximum Gasteiger partial charge on any atom is 0.391 e. The lowest BCUT2D eigenvalue weighted by Gasteiger charge is -2.35. The van der Waals surface area contributed by atoms with Crippen LogP contribution in [0.1, 0.15) is 38.4 Å². The lowest BCUT2D eigenvalue weighted by Crippen LogP contribution is -2.42. The third-order valence-electron chi connectivity index (χ3n) is 4.54. The highest BCUT2D eigenvalue weighted by Gasteiger charge is 2.43. The Labute approximate surface area is 123 Å². The molecule has 3 unspecified atom stereocenters. The Morgan fingerprint density at radius 3 is 2.76 bits per heavy atom. The van der Waals surface area contributed by atoms with Gasteiger partial charge >= 0.3 is 6.18 Å². The lowest BCUT2D eigenvalue weighted by molar-refractivity contribution is -0.186. The van der Waals surface area contributed by atoms with Crippen LogP contribution in [-0.2, 0) is 13.5 Å². The van der Waals surface area contributed by atoms with E-state index in [-0.39, 0.29) is 24.8 Å². The van der Waals surface area contributed by atoms with Crippen molar-refractivity contribution in [1.82, 2.24) is 14.9 Å². The Morgan fingerprint density at radius 1 is 1.43 bits per heavy atom. The Kier molecular flexibility index (Phi) is 5.30. The first-order chi connectivity index (χ1) is 9.91. The van der Waals surface area contributed by atoms with Gasteiger partial charge in [0, 0.05) is 31.9 Å². The third kappa shape index (κ3) is 4.22. The van der Waals surface area contributed by atoms with E-state index in [9.17, 15) is 13.2 Å².